The summed E-state index contributed by atoms with van der Waals surface area (Å²) >= 11 is 0. The Labute approximate surface area is 171 Å². The maximum Gasteiger partial charge on any atom is 0.0904 e. The van der Waals surface area contributed by atoms with Crippen molar-refractivity contribution in [2.45, 2.75) is 31.5 Å². The van der Waals surface area contributed by atoms with E-state index in [0.29, 0.717) is 25.0 Å². The fraction of sp³-hybridized carbons (Fsp3) is 0.407. The second-order valence-electron chi connectivity index (χ2n) is 9.52. The summed E-state index contributed by atoms with van der Waals surface area (Å²) < 4.78 is 13.4. The molecule has 0 saturated heterocycles. The van der Waals surface area contributed by atoms with Crippen LogP contribution in [0.4, 0.5) is 0 Å². The van der Waals surface area contributed by atoms with Gasteiger partial charge in [0, 0.05) is 10.8 Å². The summed E-state index contributed by atoms with van der Waals surface area (Å²) in [5, 5.41) is 2.61. The Kier molecular flexibility index (Phi) is 3.27. The maximum absolute atomic E-state index is 6.72. The number of benzene rings is 2. The molecule has 2 spiro atoms. The molecule has 2 heteroatoms. The van der Waals surface area contributed by atoms with E-state index in [0.717, 1.165) is 12.8 Å². The highest BCUT2D eigenvalue weighted by Gasteiger charge is 2.72. The normalized spacial score (nSPS) is 41.4. The summed E-state index contributed by atoms with van der Waals surface area (Å²) in [5.41, 5.74) is 2.90. The second-order valence-corrected chi connectivity index (χ2v) is 9.52. The number of fused-ring (bicyclic) bond motifs is 4. The number of hydrogen-bond acceptors (Lipinski definition) is 2. The van der Waals surface area contributed by atoms with Crippen molar-refractivity contribution in [3.63, 3.8) is 0 Å². The summed E-state index contributed by atoms with van der Waals surface area (Å²) in [6.07, 6.45) is 18.0. The predicted octanol–water partition coefficient (Wildman–Crippen LogP) is 6.07. The highest BCUT2D eigenvalue weighted by molar-refractivity contribution is 5.84. The summed E-state index contributed by atoms with van der Waals surface area (Å²) in [6.45, 7) is 1.42. The van der Waals surface area contributed by atoms with E-state index in [9.17, 15) is 0 Å². The first-order valence-electron chi connectivity index (χ1n) is 11.1. The molecule has 3 aliphatic carbocycles. The van der Waals surface area contributed by atoms with Crippen LogP contribution in [0.5, 0.6) is 0 Å². The van der Waals surface area contributed by atoms with Gasteiger partial charge in [-0.2, -0.15) is 0 Å². The molecule has 5 aliphatic rings. The highest BCUT2D eigenvalue weighted by atomic mass is 16.5. The van der Waals surface area contributed by atoms with Crippen molar-refractivity contribution in [3.05, 3.63) is 84.0 Å². The van der Waals surface area contributed by atoms with E-state index >= 15 is 0 Å². The zero-order chi connectivity index (χ0) is 19.1. The molecule has 146 valence electrons. The van der Waals surface area contributed by atoms with Gasteiger partial charge in [0.2, 0.25) is 0 Å². The average molecular weight is 383 g/mol. The maximum atomic E-state index is 6.72. The van der Waals surface area contributed by atoms with Gasteiger partial charge < -0.3 is 9.47 Å². The number of ether oxygens (including phenoxy) is 2. The van der Waals surface area contributed by atoms with E-state index in [-0.39, 0.29) is 23.0 Å². The highest BCUT2D eigenvalue weighted by Crippen LogP contribution is 2.78. The third-order valence-corrected chi connectivity index (χ3v) is 8.68. The molecule has 29 heavy (non-hydrogen) atoms. The van der Waals surface area contributed by atoms with Gasteiger partial charge in [-0.3, -0.25) is 0 Å². The molecule has 6 atom stereocenters. The van der Waals surface area contributed by atoms with Gasteiger partial charge in [-0.15, -0.1) is 0 Å². The lowest BCUT2D eigenvalue weighted by atomic mass is 9.46. The Hall–Kier alpha value is -2.16. The summed E-state index contributed by atoms with van der Waals surface area (Å²) in [7, 11) is 0. The summed E-state index contributed by atoms with van der Waals surface area (Å²) in [4.78, 5) is 0. The first kappa shape index (κ1) is 16.6. The molecule has 0 radical (unpaired) electrons. The second kappa shape index (κ2) is 5.71. The van der Waals surface area contributed by atoms with Crippen LogP contribution in [0.15, 0.2) is 72.9 Å². The zero-order valence-electron chi connectivity index (χ0n) is 16.6. The third kappa shape index (κ3) is 1.86. The van der Waals surface area contributed by atoms with Gasteiger partial charge in [0.05, 0.1) is 25.4 Å². The van der Waals surface area contributed by atoms with E-state index in [4.69, 9.17) is 9.47 Å². The van der Waals surface area contributed by atoms with Crippen molar-refractivity contribution in [1.82, 2.24) is 0 Å². The van der Waals surface area contributed by atoms with Gasteiger partial charge >= 0.3 is 0 Å². The molecule has 2 nitrogen and oxygen atoms in total. The third-order valence-electron chi connectivity index (χ3n) is 8.68. The number of rotatable bonds is 0. The molecule has 1 fully saturated rings. The molecule has 2 heterocycles. The van der Waals surface area contributed by atoms with E-state index in [1.54, 1.807) is 0 Å². The van der Waals surface area contributed by atoms with Crippen LogP contribution >= 0.6 is 0 Å². The van der Waals surface area contributed by atoms with E-state index in [2.05, 4.69) is 72.9 Å². The molecular formula is C27H26O2. The predicted molar refractivity (Wildman–Crippen MR) is 114 cm³/mol. The zero-order valence-corrected chi connectivity index (χ0v) is 16.6. The topological polar surface area (TPSA) is 18.5 Å². The first-order chi connectivity index (χ1) is 14.3. The molecular weight excluding hydrogens is 356 g/mol. The molecule has 2 aliphatic heterocycles. The number of hydrogen-bond donors (Lipinski definition) is 0. The van der Waals surface area contributed by atoms with Crippen LogP contribution in [-0.2, 0) is 9.47 Å². The molecule has 2 aromatic carbocycles. The minimum atomic E-state index is 0.0776. The Bertz CT molecular complexity index is 1010. The van der Waals surface area contributed by atoms with Gasteiger partial charge in [0.15, 0.2) is 0 Å². The minimum Gasteiger partial charge on any atom is -0.369 e. The lowest BCUT2D eigenvalue weighted by Gasteiger charge is -2.60. The van der Waals surface area contributed by atoms with Crippen molar-refractivity contribution in [2.24, 2.45) is 22.7 Å². The molecule has 0 aromatic heterocycles. The smallest absolute Gasteiger partial charge is 0.0904 e. The molecule has 0 amide bonds. The van der Waals surface area contributed by atoms with Gasteiger partial charge in [-0.25, -0.2) is 0 Å². The van der Waals surface area contributed by atoms with Crippen molar-refractivity contribution in [1.29, 1.82) is 0 Å². The van der Waals surface area contributed by atoms with E-state index < -0.39 is 0 Å². The molecule has 0 bridgehead atoms. The van der Waals surface area contributed by atoms with Crippen LogP contribution in [0.25, 0.3) is 10.8 Å². The van der Waals surface area contributed by atoms with Crippen LogP contribution in [0.3, 0.4) is 0 Å². The largest absolute Gasteiger partial charge is 0.369 e. The van der Waals surface area contributed by atoms with Crippen molar-refractivity contribution in [3.8, 4) is 0 Å². The average Bonchev–Trinajstić information content (AvgIpc) is 2.87. The SMILES string of the molecule is C1=C[C@H]2C[C@H]3C=CCO[C@H]4c5cc6ccccc6cc5[C@@H](OC1)[C@]21CC=CC[C@@]341. The van der Waals surface area contributed by atoms with Crippen LogP contribution in [0, 0.1) is 22.7 Å². The van der Waals surface area contributed by atoms with Crippen LogP contribution in [0.2, 0.25) is 0 Å². The van der Waals surface area contributed by atoms with Gasteiger partial charge in [-0.1, -0.05) is 60.7 Å². The quantitative estimate of drug-likeness (QED) is 0.515. The molecule has 0 N–H and O–H groups in total. The lowest BCUT2D eigenvalue weighted by molar-refractivity contribution is -0.185. The monoisotopic (exact) mass is 382 g/mol. The van der Waals surface area contributed by atoms with Crippen LogP contribution in [0.1, 0.15) is 42.6 Å². The van der Waals surface area contributed by atoms with Crippen molar-refractivity contribution < 1.29 is 9.47 Å². The van der Waals surface area contributed by atoms with Crippen LogP contribution in [-0.4, -0.2) is 13.2 Å². The Morgan fingerprint density at radius 1 is 0.690 bits per heavy atom. The van der Waals surface area contributed by atoms with Crippen molar-refractivity contribution >= 4 is 10.8 Å². The van der Waals surface area contributed by atoms with Crippen molar-refractivity contribution in [2.75, 3.05) is 13.2 Å². The van der Waals surface area contributed by atoms with E-state index in [1.165, 1.54) is 28.3 Å². The molecule has 0 unspecified atom stereocenters. The lowest BCUT2D eigenvalue weighted by Crippen LogP contribution is -2.55. The first-order valence-corrected chi connectivity index (χ1v) is 11.1. The minimum absolute atomic E-state index is 0.0776. The van der Waals surface area contributed by atoms with Gasteiger partial charge in [-0.05, 0) is 65.1 Å². The van der Waals surface area contributed by atoms with Crippen LogP contribution < -0.4 is 0 Å². The molecule has 2 aromatic rings. The standard InChI is InChI=1S/C27H26O2/c1-2-8-19-16-23-22(15-18(19)7-1)24-26-11-3-4-12-27(26)21(10-6-14-29-25(23)27)17-20(26)9-5-13-28-24/h1-10,15-16,20-21,24-25H,11-14,17H2/t20-,21+,24+,25-,26-,27+. The van der Waals surface area contributed by atoms with Gasteiger partial charge in [0.25, 0.3) is 0 Å². The van der Waals surface area contributed by atoms with Gasteiger partial charge in [0.1, 0.15) is 0 Å². The summed E-state index contributed by atoms with van der Waals surface area (Å²) in [6, 6.07) is 13.6. The fourth-order valence-corrected chi connectivity index (χ4v) is 7.72. The Morgan fingerprint density at radius 2 is 1.21 bits per heavy atom. The molecule has 1 saturated carbocycles. The molecule has 7 rings (SSSR count). The van der Waals surface area contributed by atoms with E-state index in [1.807, 2.05) is 0 Å². The Balaban J connectivity index is 1.60. The fourth-order valence-electron chi connectivity index (χ4n) is 7.72. The summed E-state index contributed by atoms with van der Waals surface area (Å²) in [5.74, 6) is 1.08. The number of allylic oxidation sites excluding steroid dienone is 4. The Morgan fingerprint density at radius 3 is 1.72 bits per heavy atom.